The van der Waals surface area contributed by atoms with Gasteiger partial charge in [0, 0.05) is 17.1 Å². The Hall–Kier alpha value is -1.86. The molecular formula is C25H32Br2N2O3. The van der Waals surface area contributed by atoms with Gasteiger partial charge < -0.3 is 15.0 Å². The van der Waals surface area contributed by atoms with Gasteiger partial charge in [0.1, 0.15) is 11.8 Å². The standard InChI is InChI=1S/C25H32Br2N2O3/c1-6-17(4)28-25(31)18(5)29(14-19-7-10-21(26)11-8-19)24(30)15-32-23-12-9-20(16(2)3)13-22(23)27/h7-13,16-18H,6,14-15H2,1-5H3,(H,28,31). The van der Waals surface area contributed by atoms with Crippen molar-refractivity contribution in [1.82, 2.24) is 10.2 Å². The van der Waals surface area contributed by atoms with Gasteiger partial charge in [-0.2, -0.15) is 0 Å². The lowest BCUT2D eigenvalue weighted by atomic mass is 10.0. The summed E-state index contributed by atoms with van der Waals surface area (Å²) in [7, 11) is 0. The zero-order chi connectivity index (χ0) is 23.8. The topological polar surface area (TPSA) is 58.6 Å². The van der Waals surface area contributed by atoms with E-state index in [0.29, 0.717) is 18.2 Å². The summed E-state index contributed by atoms with van der Waals surface area (Å²) in [6, 6.07) is 13.0. The first-order chi connectivity index (χ1) is 15.1. The second-order valence-electron chi connectivity index (χ2n) is 8.28. The Bertz CT molecular complexity index is 916. The van der Waals surface area contributed by atoms with Crippen molar-refractivity contribution in [3.63, 3.8) is 0 Å². The summed E-state index contributed by atoms with van der Waals surface area (Å²) in [5, 5.41) is 2.97. The maximum Gasteiger partial charge on any atom is 0.261 e. The highest BCUT2D eigenvalue weighted by Crippen LogP contribution is 2.29. The maximum absolute atomic E-state index is 13.2. The van der Waals surface area contributed by atoms with Crippen LogP contribution >= 0.6 is 31.9 Å². The molecule has 2 aromatic carbocycles. The van der Waals surface area contributed by atoms with Gasteiger partial charge in [0.05, 0.1) is 4.47 Å². The molecular weight excluding hydrogens is 536 g/mol. The maximum atomic E-state index is 13.2. The van der Waals surface area contributed by atoms with Crippen LogP contribution in [-0.2, 0) is 16.1 Å². The minimum Gasteiger partial charge on any atom is -0.483 e. The van der Waals surface area contributed by atoms with Crippen molar-refractivity contribution < 1.29 is 14.3 Å². The third kappa shape index (κ3) is 7.62. The lowest BCUT2D eigenvalue weighted by Crippen LogP contribution is -2.50. The second kappa shape index (κ2) is 12.4. The summed E-state index contributed by atoms with van der Waals surface area (Å²) in [6.07, 6.45) is 0.822. The molecule has 2 atom stereocenters. The van der Waals surface area contributed by atoms with E-state index in [1.54, 1.807) is 11.8 Å². The van der Waals surface area contributed by atoms with Crippen LogP contribution in [0.2, 0.25) is 0 Å². The highest BCUT2D eigenvalue weighted by Gasteiger charge is 2.27. The average Bonchev–Trinajstić information content (AvgIpc) is 2.76. The minimum atomic E-state index is -0.629. The number of hydrogen-bond donors (Lipinski definition) is 1. The molecule has 0 heterocycles. The molecule has 0 fully saturated rings. The number of carbonyl (C=O) groups excluding carboxylic acids is 2. The van der Waals surface area contributed by atoms with E-state index in [1.165, 1.54) is 5.56 Å². The van der Waals surface area contributed by atoms with Crippen molar-refractivity contribution in [2.24, 2.45) is 0 Å². The van der Waals surface area contributed by atoms with Gasteiger partial charge >= 0.3 is 0 Å². The average molecular weight is 568 g/mol. The van der Waals surface area contributed by atoms with Crippen LogP contribution in [0.4, 0.5) is 0 Å². The fraction of sp³-hybridized carbons (Fsp3) is 0.440. The molecule has 0 aromatic heterocycles. The van der Waals surface area contributed by atoms with Crippen LogP contribution in [0.25, 0.3) is 0 Å². The number of ether oxygens (including phenoxy) is 1. The minimum absolute atomic E-state index is 0.0428. The van der Waals surface area contributed by atoms with E-state index in [1.807, 2.05) is 56.3 Å². The van der Waals surface area contributed by atoms with Gasteiger partial charge in [0.25, 0.3) is 5.91 Å². The van der Waals surface area contributed by atoms with Crippen LogP contribution in [0.3, 0.4) is 0 Å². The SMILES string of the molecule is CCC(C)NC(=O)C(C)N(Cc1ccc(Br)cc1)C(=O)COc1ccc(C(C)C)cc1Br. The van der Waals surface area contributed by atoms with Gasteiger partial charge in [-0.25, -0.2) is 0 Å². The summed E-state index contributed by atoms with van der Waals surface area (Å²) < 4.78 is 7.59. The first kappa shape index (κ1) is 26.4. The first-order valence-corrected chi connectivity index (χ1v) is 12.5. The molecule has 2 unspecified atom stereocenters. The van der Waals surface area contributed by atoms with Crippen LogP contribution in [0.1, 0.15) is 58.1 Å². The van der Waals surface area contributed by atoms with E-state index in [-0.39, 0.29) is 24.5 Å². The van der Waals surface area contributed by atoms with Gasteiger partial charge in [-0.1, -0.05) is 54.9 Å². The predicted molar refractivity (Wildman–Crippen MR) is 136 cm³/mol. The summed E-state index contributed by atoms with van der Waals surface area (Å²) in [4.78, 5) is 27.5. The van der Waals surface area contributed by atoms with Crippen molar-refractivity contribution in [2.75, 3.05) is 6.61 Å². The fourth-order valence-electron chi connectivity index (χ4n) is 3.05. The van der Waals surface area contributed by atoms with Crippen molar-refractivity contribution in [3.05, 3.63) is 62.5 Å². The molecule has 2 amide bonds. The first-order valence-electron chi connectivity index (χ1n) is 10.9. The number of carbonyl (C=O) groups is 2. The van der Waals surface area contributed by atoms with Gasteiger partial charge in [0.15, 0.2) is 6.61 Å². The van der Waals surface area contributed by atoms with Crippen molar-refractivity contribution >= 4 is 43.7 Å². The van der Waals surface area contributed by atoms with Gasteiger partial charge in [-0.3, -0.25) is 9.59 Å². The van der Waals surface area contributed by atoms with E-state index < -0.39 is 6.04 Å². The third-order valence-corrected chi connectivity index (χ3v) is 6.56. The molecule has 0 saturated carbocycles. The Morgan fingerprint density at radius 1 is 1.03 bits per heavy atom. The van der Waals surface area contributed by atoms with E-state index in [2.05, 4.69) is 51.0 Å². The number of nitrogens with one attached hydrogen (secondary N) is 1. The molecule has 2 aromatic rings. The smallest absolute Gasteiger partial charge is 0.261 e. The monoisotopic (exact) mass is 566 g/mol. The molecule has 5 nitrogen and oxygen atoms in total. The van der Waals surface area contributed by atoms with Crippen LogP contribution in [0, 0.1) is 0 Å². The summed E-state index contributed by atoms with van der Waals surface area (Å²) in [6.45, 7) is 10.1. The Balaban J connectivity index is 2.17. The van der Waals surface area contributed by atoms with Crippen molar-refractivity contribution in [3.8, 4) is 5.75 Å². The molecule has 1 N–H and O–H groups in total. The fourth-order valence-corrected chi connectivity index (χ4v) is 3.83. The van der Waals surface area contributed by atoms with Crippen molar-refractivity contribution in [2.45, 2.75) is 65.6 Å². The normalized spacial score (nSPS) is 12.9. The molecule has 7 heteroatoms. The van der Waals surface area contributed by atoms with Gasteiger partial charge in [0.2, 0.25) is 5.91 Å². The van der Waals surface area contributed by atoms with E-state index >= 15 is 0 Å². The molecule has 174 valence electrons. The van der Waals surface area contributed by atoms with E-state index in [0.717, 1.165) is 20.9 Å². The molecule has 2 rings (SSSR count). The molecule has 0 aliphatic rings. The Kier molecular flexibility index (Phi) is 10.2. The molecule has 0 bridgehead atoms. The lowest BCUT2D eigenvalue weighted by Gasteiger charge is -2.29. The molecule has 0 saturated heterocycles. The molecule has 32 heavy (non-hydrogen) atoms. The zero-order valence-corrected chi connectivity index (χ0v) is 22.5. The summed E-state index contributed by atoms with van der Waals surface area (Å²) >= 11 is 6.96. The van der Waals surface area contributed by atoms with Gasteiger partial charge in [-0.15, -0.1) is 0 Å². The van der Waals surface area contributed by atoms with Crippen LogP contribution < -0.4 is 10.1 Å². The van der Waals surface area contributed by atoms with Gasteiger partial charge in [-0.05, 0) is 77.5 Å². The molecule has 0 aliphatic carbocycles. The summed E-state index contributed by atoms with van der Waals surface area (Å²) in [5.41, 5.74) is 2.12. The Labute approximate surface area is 208 Å². The lowest BCUT2D eigenvalue weighted by molar-refractivity contribution is -0.142. The third-order valence-electron chi connectivity index (χ3n) is 5.41. The number of benzene rings is 2. The number of halogens is 2. The second-order valence-corrected chi connectivity index (χ2v) is 10.0. The largest absolute Gasteiger partial charge is 0.483 e. The number of rotatable bonds is 10. The molecule has 0 radical (unpaired) electrons. The van der Waals surface area contributed by atoms with Crippen LogP contribution in [0.5, 0.6) is 5.75 Å². The van der Waals surface area contributed by atoms with Crippen LogP contribution in [0.15, 0.2) is 51.4 Å². The van der Waals surface area contributed by atoms with Crippen molar-refractivity contribution in [1.29, 1.82) is 0 Å². The highest BCUT2D eigenvalue weighted by atomic mass is 79.9. The Morgan fingerprint density at radius 2 is 1.69 bits per heavy atom. The zero-order valence-electron chi connectivity index (χ0n) is 19.3. The number of nitrogens with zero attached hydrogens (tertiary/aromatic N) is 1. The summed E-state index contributed by atoms with van der Waals surface area (Å²) in [5.74, 6) is 0.572. The van der Waals surface area contributed by atoms with E-state index in [4.69, 9.17) is 4.74 Å². The van der Waals surface area contributed by atoms with E-state index in [9.17, 15) is 9.59 Å². The number of hydrogen-bond acceptors (Lipinski definition) is 3. The number of amides is 2. The molecule has 0 aliphatic heterocycles. The molecule has 0 spiro atoms. The Morgan fingerprint density at radius 3 is 2.25 bits per heavy atom. The quantitative estimate of drug-likeness (QED) is 0.380. The predicted octanol–water partition coefficient (Wildman–Crippen LogP) is 6.05. The van der Waals surface area contributed by atoms with Crippen LogP contribution in [-0.4, -0.2) is 35.4 Å². The highest BCUT2D eigenvalue weighted by molar-refractivity contribution is 9.10.